The molecule has 0 saturated carbocycles. The van der Waals surface area contributed by atoms with Crippen molar-refractivity contribution in [2.75, 3.05) is 11.5 Å². The number of nitrogens with two attached hydrogens (primary N) is 2. The Kier molecular flexibility index (Phi) is 6.63. The SMILES string of the molecule is Nc1ccc(C(=O)O)cc1N.[Cl-].[Pt]. The molecule has 0 atom stereocenters. The number of carboxylic acid groups (broad SMARTS) is 1. The molecule has 13 heavy (non-hydrogen) atoms. The maximum atomic E-state index is 10.4. The van der Waals surface area contributed by atoms with Gasteiger partial charge in [0.15, 0.2) is 0 Å². The smallest absolute Gasteiger partial charge is 0.335 e. The van der Waals surface area contributed by atoms with Crippen LogP contribution in [0.3, 0.4) is 0 Å². The zero-order valence-corrected chi connectivity index (χ0v) is 9.46. The molecule has 0 amide bonds. The van der Waals surface area contributed by atoms with Gasteiger partial charge in [-0.15, -0.1) is 0 Å². The summed E-state index contributed by atoms with van der Waals surface area (Å²) < 4.78 is 0. The van der Waals surface area contributed by atoms with Crippen molar-refractivity contribution in [3.05, 3.63) is 23.8 Å². The Balaban J connectivity index is 0. The normalized spacial score (nSPS) is 8.00. The second-order valence-electron chi connectivity index (χ2n) is 2.15. The molecule has 0 unspecified atom stereocenters. The van der Waals surface area contributed by atoms with Crippen LogP contribution >= 0.6 is 0 Å². The third-order valence-corrected chi connectivity index (χ3v) is 1.33. The first-order valence-corrected chi connectivity index (χ1v) is 2.99. The molecule has 4 nitrogen and oxygen atoms in total. The average Bonchev–Trinajstić information content (AvgIpc) is 1.94. The van der Waals surface area contributed by atoms with E-state index in [1.807, 2.05) is 0 Å². The number of rotatable bonds is 1. The first kappa shape index (κ1) is 14.8. The molecule has 1 aromatic carbocycles. The van der Waals surface area contributed by atoms with Crippen molar-refractivity contribution in [3.8, 4) is 0 Å². The average molecular weight is 383 g/mol. The summed E-state index contributed by atoms with van der Waals surface area (Å²) in [6.45, 7) is 0. The number of carboxylic acids is 1. The number of hydrogen-bond donors (Lipinski definition) is 3. The summed E-state index contributed by atoms with van der Waals surface area (Å²) in [5.41, 5.74) is 11.6. The minimum absolute atomic E-state index is 0. The Morgan fingerprint density at radius 1 is 1.23 bits per heavy atom. The van der Waals surface area contributed by atoms with E-state index in [-0.39, 0.29) is 39.0 Å². The van der Waals surface area contributed by atoms with Gasteiger partial charge in [-0.05, 0) is 18.2 Å². The Morgan fingerprint density at radius 2 is 1.77 bits per heavy atom. The molecule has 0 radical (unpaired) electrons. The van der Waals surface area contributed by atoms with Gasteiger partial charge in [0.25, 0.3) is 0 Å². The van der Waals surface area contributed by atoms with Gasteiger partial charge in [0.1, 0.15) is 0 Å². The Hall–Kier alpha value is -0.732. The van der Waals surface area contributed by atoms with Crippen LogP contribution in [-0.2, 0) is 21.1 Å². The van der Waals surface area contributed by atoms with E-state index in [0.717, 1.165) is 0 Å². The largest absolute Gasteiger partial charge is 1.00 e. The van der Waals surface area contributed by atoms with Crippen molar-refractivity contribution in [1.82, 2.24) is 0 Å². The van der Waals surface area contributed by atoms with E-state index in [9.17, 15) is 4.79 Å². The predicted octanol–water partition coefficient (Wildman–Crippen LogP) is -2.45. The zero-order valence-electron chi connectivity index (χ0n) is 6.44. The Morgan fingerprint density at radius 3 is 2.15 bits per heavy atom. The monoisotopic (exact) mass is 382 g/mol. The van der Waals surface area contributed by atoms with E-state index in [0.29, 0.717) is 11.4 Å². The van der Waals surface area contributed by atoms with Gasteiger partial charge >= 0.3 is 5.97 Å². The van der Waals surface area contributed by atoms with Crippen LogP contribution in [0, 0.1) is 0 Å². The van der Waals surface area contributed by atoms with Crippen LogP contribution in [0.2, 0.25) is 0 Å². The van der Waals surface area contributed by atoms with Gasteiger partial charge in [0.2, 0.25) is 0 Å². The Labute approximate surface area is 96.0 Å². The van der Waals surface area contributed by atoms with Crippen LogP contribution in [0.15, 0.2) is 18.2 Å². The van der Waals surface area contributed by atoms with Crippen LogP contribution in [0.5, 0.6) is 0 Å². The number of hydrogen-bond acceptors (Lipinski definition) is 3. The molecule has 0 aliphatic heterocycles. The van der Waals surface area contributed by atoms with Crippen molar-refractivity contribution in [2.45, 2.75) is 0 Å². The van der Waals surface area contributed by atoms with E-state index in [4.69, 9.17) is 16.6 Å². The number of halogens is 1. The van der Waals surface area contributed by atoms with Gasteiger partial charge < -0.3 is 29.0 Å². The fraction of sp³-hybridized carbons (Fsp3) is 0. The molecule has 0 aliphatic rings. The summed E-state index contributed by atoms with van der Waals surface area (Å²) in [7, 11) is 0. The van der Waals surface area contributed by atoms with Crippen molar-refractivity contribution < 1.29 is 43.4 Å². The fourth-order valence-corrected chi connectivity index (χ4v) is 0.708. The van der Waals surface area contributed by atoms with Crippen LogP contribution in [0.1, 0.15) is 10.4 Å². The molecule has 76 valence electrons. The molecule has 0 fully saturated rings. The standard InChI is InChI=1S/C7H8N2O2.ClH.Pt/c8-5-2-1-4(7(10)11)3-6(5)9;;/h1-3H,8-9H2,(H,10,11);1H;/p-1. The Bertz CT molecular complexity index is 307. The summed E-state index contributed by atoms with van der Waals surface area (Å²) in [5.74, 6) is -1.00. The second kappa shape index (κ2) is 5.84. The summed E-state index contributed by atoms with van der Waals surface area (Å²) in [4.78, 5) is 10.4. The summed E-state index contributed by atoms with van der Waals surface area (Å²) >= 11 is 0. The second-order valence-corrected chi connectivity index (χ2v) is 2.15. The van der Waals surface area contributed by atoms with Gasteiger partial charge in [-0.2, -0.15) is 0 Å². The molecule has 6 heteroatoms. The number of benzene rings is 1. The van der Waals surface area contributed by atoms with E-state index in [1.54, 1.807) is 0 Å². The van der Waals surface area contributed by atoms with Crippen LogP contribution < -0.4 is 23.9 Å². The van der Waals surface area contributed by atoms with Crippen LogP contribution in [0.4, 0.5) is 11.4 Å². The first-order chi connectivity index (χ1) is 5.11. The molecule has 0 saturated heterocycles. The summed E-state index contributed by atoms with van der Waals surface area (Å²) in [6, 6.07) is 4.21. The first-order valence-electron chi connectivity index (χ1n) is 2.99. The molecule has 1 rings (SSSR count). The minimum atomic E-state index is -1.00. The number of carbonyl (C=O) groups is 1. The number of aromatic carboxylic acids is 1. The van der Waals surface area contributed by atoms with Gasteiger partial charge in [-0.25, -0.2) is 4.79 Å². The number of nitrogen functional groups attached to an aromatic ring is 2. The van der Waals surface area contributed by atoms with Crippen molar-refractivity contribution in [1.29, 1.82) is 0 Å². The van der Waals surface area contributed by atoms with Gasteiger partial charge in [-0.3, -0.25) is 0 Å². The maximum Gasteiger partial charge on any atom is 0.335 e. The molecular weight excluding hydrogens is 375 g/mol. The fourth-order valence-electron chi connectivity index (χ4n) is 0.708. The third kappa shape index (κ3) is 3.66. The number of anilines is 2. The van der Waals surface area contributed by atoms with E-state index in [2.05, 4.69) is 0 Å². The quantitative estimate of drug-likeness (QED) is 0.471. The van der Waals surface area contributed by atoms with Gasteiger partial charge in [-0.1, -0.05) is 0 Å². The zero-order chi connectivity index (χ0) is 8.43. The predicted molar refractivity (Wildman–Crippen MR) is 42.2 cm³/mol. The van der Waals surface area contributed by atoms with E-state index < -0.39 is 5.97 Å². The van der Waals surface area contributed by atoms with Gasteiger partial charge in [0.05, 0.1) is 16.9 Å². The summed E-state index contributed by atoms with van der Waals surface area (Å²) in [5, 5.41) is 8.50. The molecule has 0 heterocycles. The molecular formula is C7H8ClN2O2Pt-. The van der Waals surface area contributed by atoms with Crippen molar-refractivity contribution in [3.63, 3.8) is 0 Å². The van der Waals surface area contributed by atoms with E-state index >= 15 is 0 Å². The van der Waals surface area contributed by atoms with Crippen LogP contribution in [0.25, 0.3) is 0 Å². The molecule has 0 aromatic heterocycles. The maximum absolute atomic E-state index is 10.4. The van der Waals surface area contributed by atoms with E-state index in [1.165, 1.54) is 18.2 Å². The summed E-state index contributed by atoms with van der Waals surface area (Å²) in [6.07, 6.45) is 0. The van der Waals surface area contributed by atoms with Crippen molar-refractivity contribution >= 4 is 17.3 Å². The van der Waals surface area contributed by atoms with Crippen LogP contribution in [-0.4, -0.2) is 11.1 Å². The molecule has 0 aliphatic carbocycles. The third-order valence-electron chi connectivity index (χ3n) is 1.33. The van der Waals surface area contributed by atoms with Gasteiger partial charge in [0, 0.05) is 21.1 Å². The topological polar surface area (TPSA) is 89.3 Å². The van der Waals surface area contributed by atoms with Crippen molar-refractivity contribution in [2.24, 2.45) is 0 Å². The molecule has 5 N–H and O–H groups in total. The minimum Gasteiger partial charge on any atom is -1.00 e. The molecule has 0 bridgehead atoms. The molecule has 1 aromatic rings. The molecule has 0 spiro atoms.